The summed E-state index contributed by atoms with van der Waals surface area (Å²) in [6, 6.07) is 7.52. The Morgan fingerprint density at radius 1 is 1.12 bits per heavy atom. The molecule has 1 N–H and O–H groups in total. The molecule has 2 unspecified atom stereocenters. The van der Waals surface area contributed by atoms with Crippen LogP contribution >= 0.6 is 0 Å². The summed E-state index contributed by atoms with van der Waals surface area (Å²) in [5, 5.41) is 0. The van der Waals surface area contributed by atoms with Gasteiger partial charge in [0.25, 0.3) is 5.56 Å². The Morgan fingerprint density at radius 2 is 1.86 bits per heavy atom. The summed E-state index contributed by atoms with van der Waals surface area (Å²) in [4.78, 5) is 67.8. The Labute approximate surface area is 285 Å². The molecule has 14 heteroatoms. The predicted octanol–water partition coefficient (Wildman–Crippen LogP) is 3.49. The number of aromatic amines is 1. The van der Waals surface area contributed by atoms with E-state index in [-0.39, 0.29) is 31.8 Å². The van der Waals surface area contributed by atoms with E-state index in [0.717, 1.165) is 30.4 Å². The molecule has 266 valence electrons. The Bertz CT molecular complexity index is 1620. The van der Waals surface area contributed by atoms with Crippen LogP contribution in [0.3, 0.4) is 0 Å². The van der Waals surface area contributed by atoms with Crippen molar-refractivity contribution in [3.8, 4) is 12.3 Å². The van der Waals surface area contributed by atoms with E-state index in [1.807, 2.05) is 45.0 Å². The van der Waals surface area contributed by atoms with Crippen molar-refractivity contribution in [3.63, 3.8) is 0 Å². The molecule has 0 aliphatic carbocycles. The van der Waals surface area contributed by atoms with Gasteiger partial charge in [0.1, 0.15) is 37.3 Å². The summed E-state index contributed by atoms with van der Waals surface area (Å²) in [6.45, 7) is 10.00. The first-order chi connectivity index (χ1) is 23.2. The summed E-state index contributed by atoms with van der Waals surface area (Å²) >= 11 is 0. The van der Waals surface area contributed by atoms with E-state index >= 15 is 0 Å². The molecular formula is C35H46N4O10. The average molecular weight is 683 g/mol. The van der Waals surface area contributed by atoms with Crippen LogP contribution in [-0.4, -0.2) is 94.3 Å². The lowest BCUT2D eigenvalue weighted by molar-refractivity contribution is -0.150. The lowest BCUT2D eigenvalue weighted by Crippen LogP contribution is -2.51. The summed E-state index contributed by atoms with van der Waals surface area (Å²) in [5.41, 5.74) is 0.254. The molecule has 0 radical (unpaired) electrons. The maximum atomic E-state index is 13.1. The number of hydrogen-bond acceptors (Lipinski definition) is 11. The van der Waals surface area contributed by atoms with Gasteiger partial charge in [0.15, 0.2) is 0 Å². The van der Waals surface area contributed by atoms with Crippen molar-refractivity contribution in [1.29, 1.82) is 0 Å². The summed E-state index contributed by atoms with van der Waals surface area (Å²) in [7, 11) is 0. The lowest BCUT2D eigenvalue weighted by Gasteiger charge is -2.39. The molecule has 2 aliphatic heterocycles. The van der Waals surface area contributed by atoms with Gasteiger partial charge in [0.05, 0.1) is 0 Å². The van der Waals surface area contributed by atoms with Crippen LogP contribution in [-0.2, 0) is 35.0 Å². The third kappa shape index (κ3) is 11.0. The molecule has 1 aromatic heterocycles. The molecule has 14 nitrogen and oxygen atoms in total. The third-order valence-corrected chi connectivity index (χ3v) is 8.20. The predicted molar refractivity (Wildman–Crippen MR) is 178 cm³/mol. The number of rotatable bonds is 11. The van der Waals surface area contributed by atoms with Gasteiger partial charge in [-0.15, -0.1) is 6.42 Å². The maximum Gasteiger partial charge on any atom is 0.508 e. The van der Waals surface area contributed by atoms with Gasteiger partial charge in [-0.2, -0.15) is 0 Å². The van der Waals surface area contributed by atoms with Gasteiger partial charge >= 0.3 is 23.9 Å². The number of benzene rings is 1. The largest absolute Gasteiger partial charge is 0.508 e. The fourth-order valence-corrected chi connectivity index (χ4v) is 5.86. The molecule has 4 atom stereocenters. The highest BCUT2D eigenvalue weighted by molar-refractivity contribution is 5.68. The Balaban J connectivity index is 1.37. The Hall–Kier alpha value is -4.61. The van der Waals surface area contributed by atoms with Gasteiger partial charge in [0.2, 0.25) is 0 Å². The first-order valence-corrected chi connectivity index (χ1v) is 16.4. The van der Waals surface area contributed by atoms with E-state index in [2.05, 4.69) is 15.8 Å². The number of nitrogens with one attached hydrogen (secondary N) is 1. The minimum absolute atomic E-state index is 0.00595. The van der Waals surface area contributed by atoms with Crippen LogP contribution in [0.1, 0.15) is 76.3 Å². The van der Waals surface area contributed by atoms with Gasteiger partial charge < -0.3 is 28.6 Å². The number of carbonyl (C=O) groups excluding carboxylic acids is 3. The highest BCUT2D eigenvalue weighted by Crippen LogP contribution is 2.30. The average Bonchev–Trinajstić information content (AvgIpc) is 3.42. The normalized spacial score (nSPS) is 20.8. The highest BCUT2D eigenvalue weighted by Gasteiger charge is 2.40. The van der Waals surface area contributed by atoms with Crippen LogP contribution in [0.15, 0.2) is 40.1 Å². The number of amides is 1. The molecule has 2 aliphatic rings. The van der Waals surface area contributed by atoms with E-state index in [1.165, 1.54) is 17.7 Å². The van der Waals surface area contributed by atoms with Crippen LogP contribution in [0, 0.1) is 19.3 Å². The zero-order valence-corrected chi connectivity index (χ0v) is 28.8. The van der Waals surface area contributed by atoms with E-state index in [1.54, 1.807) is 11.8 Å². The number of esters is 1. The zero-order valence-electron chi connectivity index (χ0n) is 28.8. The van der Waals surface area contributed by atoms with Crippen LogP contribution in [0.2, 0.25) is 0 Å². The van der Waals surface area contributed by atoms with Crippen LogP contribution in [0.25, 0.3) is 0 Å². The molecule has 2 aromatic rings. The van der Waals surface area contributed by atoms with Crippen LogP contribution in [0.5, 0.6) is 0 Å². The topological polar surface area (TPSA) is 159 Å². The van der Waals surface area contributed by atoms with Gasteiger partial charge in [-0.1, -0.05) is 18.1 Å². The first kappa shape index (κ1) is 37.2. The summed E-state index contributed by atoms with van der Waals surface area (Å²) < 4.78 is 28.9. The van der Waals surface area contributed by atoms with Gasteiger partial charge in [-0.3, -0.25) is 24.0 Å². The minimum Gasteiger partial charge on any atom is -0.459 e. The van der Waals surface area contributed by atoms with Crippen LogP contribution in [0.4, 0.5) is 9.59 Å². The van der Waals surface area contributed by atoms with Crippen molar-refractivity contribution in [2.24, 2.45) is 0 Å². The maximum absolute atomic E-state index is 13.1. The molecule has 1 amide bonds. The summed E-state index contributed by atoms with van der Waals surface area (Å²) in [6.07, 6.45) is 5.83. The van der Waals surface area contributed by atoms with Crippen molar-refractivity contribution in [3.05, 3.63) is 68.0 Å². The number of nitrogens with zero attached hydrogens (tertiary/aromatic N) is 3. The number of terminal acetylenes is 1. The Morgan fingerprint density at radius 3 is 2.53 bits per heavy atom. The van der Waals surface area contributed by atoms with E-state index in [4.69, 9.17) is 30.1 Å². The number of likely N-dealkylation sites (tertiary alicyclic amines) is 1. The van der Waals surface area contributed by atoms with E-state index in [9.17, 15) is 24.0 Å². The van der Waals surface area contributed by atoms with Crippen molar-refractivity contribution >= 4 is 18.2 Å². The molecule has 0 saturated carbocycles. The van der Waals surface area contributed by atoms with E-state index < -0.39 is 47.4 Å². The second-order valence-corrected chi connectivity index (χ2v) is 13.3. The standard InChI is InChI=1S/C35H46N4O10/c1-7-25-11-13-26(14-12-25)20-37(21-27-10-8-9-15-38(27)33(43)49-35(4,5)6)16-17-45-34(44)46-22-29-28(47-24(3)40)18-30(48-29)39-19-23(2)31(41)36-32(39)42/h1,11-14,19,27-30H,8-10,15-18,20-22H2,2-6H3,(H,36,41,42)/t27?,28?,29-,30-/m1/s1. The molecular weight excluding hydrogens is 636 g/mol. The smallest absolute Gasteiger partial charge is 0.459 e. The van der Waals surface area contributed by atoms with Crippen molar-refractivity contribution in [1.82, 2.24) is 19.4 Å². The number of aromatic nitrogens is 2. The molecule has 3 heterocycles. The number of hydrogen-bond donors (Lipinski definition) is 1. The summed E-state index contributed by atoms with van der Waals surface area (Å²) in [5.74, 6) is 2.05. The fraction of sp³-hybridized carbons (Fsp3) is 0.571. The number of H-pyrrole nitrogens is 1. The van der Waals surface area contributed by atoms with Crippen molar-refractivity contribution in [2.75, 3.05) is 32.8 Å². The molecule has 49 heavy (non-hydrogen) atoms. The monoisotopic (exact) mass is 682 g/mol. The number of aryl methyl sites for hydroxylation is 1. The number of carbonyl (C=O) groups is 3. The molecule has 2 saturated heterocycles. The lowest BCUT2D eigenvalue weighted by atomic mass is 10.0. The van der Waals surface area contributed by atoms with Crippen molar-refractivity contribution in [2.45, 2.75) is 96.9 Å². The molecule has 0 bridgehead atoms. The van der Waals surface area contributed by atoms with Gasteiger partial charge in [-0.25, -0.2) is 14.4 Å². The molecule has 2 fully saturated rings. The first-order valence-electron chi connectivity index (χ1n) is 16.4. The molecule has 1 aromatic carbocycles. The van der Waals surface area contributed by atoms with Gasteiger partial charge in [-0.05, 0) is 64.7 Å². The van der Waals surface area contributed by atoms with Gasteiger partial charge in [0, 0.05) is 62.9 Å². The third-order valence-electron chi connectivity index (χ3n) is 8.20. The number of piperidine rings is 1. The SMILES string of the molecule is C#Cc1ccc(CN(CCOC(=O)OC[C@H]2O[C@@H](n3cc(C)c(=O)[nH]c3=O)CC2OC(C)=O)CC2CCCCN2C(=O)OC(C)(C)C)cc1. The van der Waals surface area contributed by atoms with Crippen molar-refractivity contribution < 1.29 is 38.1 Å². The second kappa shape index (κ2) is 16.7. The van der Waals surface area contributed by atoms with Crippen LogP contribution < -0.4 is 11.2 Å². The molecule has 0 spiro atoms. The molecule has 4 rings (SSSR count). The van der Waals surface area contributed by atoms with E-state index in [0.29, 0.717) is 31.7 Å². The minimum atomic E-state index is -0.947. The zero-order chi connectivity index (χ0) is 35.7. The number of ether oxygens (including phenoxy) is 5. The quantitative estimate of drug-likeness (QED) is 0.210. The Kier molecular flexibility index (Phi) is 12.7. The fourth-order valence-electron chi connectivity index (χ4n) is 5.86. The second-order valence-electron chi connectivity index (χ2n) is 13.3. The highest BCUT2D eigenvalue weighted by atomic mass is 16.7.